The highest BCUT2D eigenvalue weighted by molar-refractivity contribution is 6.15. The lowest BCUT2D eigenvalue weighted by Crippen LogP contribution is -2.58. The molecule has 6 rings (SSSR count). The van der Waals surface area contributed by atoms with Crippen LogP contribution in [0.2, 0.25) is 0 Å². The number of aromatic amines is 1. The van der Waals surface area contributed by atoms with E-state index < -0.39 is 34.6 Å². The van der Waals surface area contributed by atoms with Crippen LogP contribution in [0.15, 0.2) is 66.4 Å². The number of fused-ring (bicyclic) bond motifs is 3. The lowest BCUT2D eigenvalue weighted by molar-refractivity contribution is -0.145. The highest BCUT2D eigenvalue weighted by atomic mass is 16.6. The average Bonchev–Trinajstić information content (AvgIpc) is 3.31. The zero-order chi connectivity index (χ0) is 27.7. The van der Waals surface area contributed by atoms with Crippen molar-refractivity contribution < 1.29 is 24.2 Å². The normalized spacial score (nSPS) is 43.1. The van der Waals surface area contributed by atoms with E-state index in [1.165, 1.54) is 6.08 Å². The Kier molecular flexibility index (Phi) is 6.08. The summed E-state index contributed by atoms with van der Waals surface area (Å²) < 4.78 is 6.33. The third-order valence-corrected chi connectivity index (χ3v) is 9.86. The second kappa shape index (κ2) is 9.14. The second-order valence-corrected chi connectivity index (χ2v) is 12.1. The molecule has 1 saturated carbocycles. The van der Waals surface area contributed by atoms with Gasteiger partial charge in [0.05, 0.1) is 11.7 Å². The number of aliphatic hydroxyl groups excluding tert-OH is 1. The number of ether oxygens (including phenoxy) is 1. The fourth-order valence-electron chi connectivity index (χ4n) is 7.66. The number of ketones is 2. The Morgan fingerprint density at radius 1 is 1.13 bits per heavy atom. The Balaban J connectivity index is 1.46. The monoisotopic (exact) mass is 528 g/mol. The van der Waals surface area contributed by atoms with Crippen LogP contribution in [0, 0.1) is 29.1 Å². The van der Waals surface area contributed by atoms with E-state index in [-0.39, 0.29) is 35.8 Å². The molecule has 2 aromatic rings. The molecule has 1 aromatic heterocycles. The topological polar surface area (TPSA) is 112 Å². The van der Waals surface area contributed by atoms with Gasteiger partial charge in [0.15, 0.2) is 11.6 Å². The van der Waals surface area contributed by atoms with Crippen LogP contribution >= 0.6 is 0 Å². The van der Waals surface area contributed by atoms with E-state index in [1.807, 2.05) is 49.5 Å². The smallest absolute Gasteiger partial charge is 0.235 e. The van der Waals surface area contributed by atoms with Crippen molar-refractivity contribution in [1.29, 1.82) is 0 Å². The molecule has 3 N–H and O–H groups in total. The number of aliphatic hydroxyl groups is 1. The Hall–Kier alpha value is -3.29. The molecule has 1 aromatic carbocycles. The van der Waals surface area contributed by atoms with Gasteiger partial charge in [-0.25, -0.2) is 0 Å². The predicted molar refractivity (Wildman–Crippen MR) is 148 cm³/mol. The van der Waals surface area contributed by atoms with Gasteiger partial charge >= 0.3 is 0 Å². The van der Waals surface area contributed by atoms with Crippen molar-refractivity contribution in [3.8, 4) is 0 Å². The van der Waals surface area contributed by atoms with E-state index in [0.717, 1.165) is 22.5 Å². The van der Waals surface area contributed by atoms with Crippen LogP contribution in [-0.4, -0.2) is 51.4 Å². The number of allylic oxidation sites excluding steroid dienone is 3. The molecule has 2 saturated heterocycles. The molecule has 39 heavy (non-hydrogen) atoms. The van der Waals surface area contributed by atoms with Crippen molar-refractivity contribution >= 4 is 28.4 Å². The van der Waals surface area contributed by atoms with Crippen LogP contribution in [0.25, 0.3) is 10.9 Å². The number of benzene rings is 1. The number of para-hydroxylation sites is 1. The number of carbonyl (C=O) groups is 3. The van der Waals surface area contributed by atoms with Crippen LogP contribution in [0.3, 0.4) is 0 Å². The maximum atomic E-state index is 14.2. The lowest BCUT2D eigenvalue weighted by Gasteiger charge is -2.45. The summed E-state index contributed by atoms with van der Waals surface area (Å²) in [5.74, 6) is -2.11. The summed E-state index contributed by atoms with van der Waals surface area (Å²) in [5, 5.41) is 14.9. The summed E-state index contributed by atoms with van der Waals surface area (Å²) in [7, 11) is 0. The number of carbonyl (C=O) groups excluding carboxylic acids is 3. The molecule has 0 bridgehead atoms. The highest BCUT2D eigenvalue weighted by Gasteiger charge is 2.78. The Bertz CT molecular complexity index is 1450. The van der Waals surface area contributed by atoms with Crippen LogP contribution in [-0.2, 0) is 25.5 Å². The summed E-state index contributed by atoms with van der Waals surface area (Å²) >= 11 is 0. The highest BCUT2D eigenvalue weighted by Crippen LogP contribution is 2.66. The van der Waals surface area contributed by atoms with Crippen LogP contribution in [0.4, 0.5) is 0 Å². The van der Waals surface area contributed by atoms with E-state index in [0.29, 0.717) is 18.4 Å². The van der Waals surface area contributed by atoms with Gasteiger partial charge in [-0.15, -0.1) is 0 Å². The molecule has 204 valence electrons. The van der Waals surface area contributed by atoms with Crippen molar-refractivity contribution in [2.45, 2.75) is 64.4 Å². The average molecular weight is 529 g/mol. The number of amides is 1. The number of H-pyrrole nitrogens is 1. The van der Waals surface area contributed by atoms with Crippen molar-refractivity contribution in [2.75, 3.05) is 0 Å². The second-order valence-electron chi connectivity index (χ2n) is 12.1. The number of aromatic nitrogens is 1. The SMILES string of the molecule is C/C1=C/C(C)C/C=C\C2C3OC3(C)C(C)C3C(Cc4c[nH]c5ccccc45)NC(=O)C23C(=O)/C=C\C(=O)C1O. The first-order valence-electron chi connectivity index (χ1n) is 13.9. The van der Waals surface area contributed by atoms with E-state index in [9.17, 15) is 19.5 Å². The first-order chi connectivity index (χ1) is 18.6. The van der Waals surface area contributed by atoms with Crippen molar-refractivity contribution in [2.24, 2.45) is 29.1 Å². The van der Waals surface area contributed by atoms with Crippen LogP contribution < -0.4 is 5.32 Å². The standard InChI is InChI=1S/C32H36N2O5/c1-17-8-7-10-22-29-31(4,39-29)19(3)27-24(15-20-16-33-23-11-6-5-9-21(20)23)34-30(38)32(22,27)26(36)13-12-25(35)28(37)18(2)14-17/h5-7,9-14,16-17,19,22,24,27-29,33,37H,8,15H2,1-4H3,(H,34,38)/b10-7-,13-12-,18-14-. The van der Waals surface area contributed by atoms with E-state index in [4.69, 9.17) is 4.74 Å². The van der Waals surface area contributed by atoms with Crippen molar-refractivity contribution in [1.82, 2.24) is 10.3 Å². The van der Waals surface area contributed by atoms with Gasteiger partial charge in [-0.2, -0.15) is 0 Å². The Morgan fingerprint density at radius 2 is 1.90 bits per heavy atom. The first-order valence-corrected chi connectivity index (χ1v) is 13.9. The molecule has 3 fully saturated rings. The molecule has 9 atom stereocenters. The van der Waals surface area contributed by atoms with Crippen molar-refractivity contribution in [3.63, 3.8) is 0 Å². The maximum absolute atomic E-state index is 14.2. The molecule has 3 heterocycles. The third-order valence-electron chi connectivity index (χ3n) is 9.86. The number of hydrogen-bond acceptors (Lipinski definition) is 5. The van der Waals surface area contributed by atoms with E-state index >= 15 is 0 Å². The number of rotatable bonds is 2. The Morgan fingerprint density at radius 3 is 2.69 bits per heavy atom. The van der Waals surface area contributed by atoms with Gasteiger partial charge in [0.1, 0.15) is 11.5 Å². The van der Waals surface area contributed by atoms with Gasteiger partial charge in [0, 0.05) is 35.0 Å². The van der Waals surface area contributed by atoms with Gasteiger partial charge in [-0.3, -0.25) is 14.4 Å². The molecule has 1 amide bonds. The molecule has 2 aliphatic heterocycles. The van der Waals surface area contributed by atoms with Gasteiger partial charge in [-0.1, -0.05) is 50.3 Å². The number of epoxide rings is 1. The molecule has 7 nitrogen and oxygen atoms in total. The largest absolute Gasteiger partial charge is 0.381 e. The van der Waals surface area contributed by atoms with Gasteiger partial charge < -0.3 is 20.1 Å². The minimum atomic E-state index is -1.41. The number of hydrogen-bond donors (Lipinski definition) is 3. The Labute approximate surface area is 228 Å². The molecule has 0 radical (unpaired) electrons. The maximum Gasteiger partial charge on any atom is 0.235 e. The zero-order valence-corrected chi connectivity index (χ0v) is 22.8. The van der Waals surface area contributed by atoms with Gasteiger partial charge in [0.2, 0.25) is 5.91 Å². The molecule has 1 spiro atoms. The van der Waals surface area contributed by atoms with Crippen LogP contribution in [0.1, 0.15) is 39.7 Å². The fraction of sp³-hybridized carbons (Fsp3) is 0.469. The molecule has 2 aliphatic carbocycles. The summed E-state index contributed by atoms with van der Waals surface area (Å²) in [5.41, 5.74) is 0.805. The van der Waals surface area contributed by atoms with Crippen LogP contribution in [0.5, 0.6) is 0 Å². The summed E-state index contributed by atoms with van der Waals surface area (Å²) in [6, 6.07) is 7.77. The first kappa shape index (κ1) is 26.0. The number of nitrogens with one attached hydrogen (secondary N) is 2. The van der Waals surface area contributed by atoms with Crippen molar-refractivity contribution in [3.05, 3.63) is 72.0 Å². The molecular weight excluding hydrogens is 492 g/mol. The summed E-state index contributed by atoms with van der Waals surface area (Å²) in [6.07, 6.45) is 9.89. The van der Waals surface area contributed by atoms with E-state index in [1.54, 1.807) is 6.92 Å². The van der Waals surface area contributed by atoms with Gasteiger partial charge in [-0.05, 0) is 67.9 Å². The summed E-state index contributed by atoms with van der Waals surface area (Å²) in [4.78, 5) is 44.5. The molecule has 9 unspecified atom stereocenters. The third kappa shape index (κ3) is 3.81. The summed E-state index contributed by atoms with van der Waals surface area (Å²) in [6.45, 7) is 7.90. The minimum absolute atomic E-state index is 0.0666. The minimum Gasteiger partial charge on any atom is -0.381 e. The predicted octanol–water partition coefficient (Wildman–Crippen LogP) is 3.83. The fourth-order valence-corrected chi connectivity index (χ4v) is 7.66. The lowest BCUT2D eigenvalue weighted by atomic mass is 9.51. The zero-order valence-electron chi connectivity index (χ0n) is 22.8. The molecule has 4 aliphatic rings. The molecule has 7 heteroatoms. The van der Waals surface area contributed by atoms with E-state index in [2.05, 4.69) is 30.2 Å². The quantitative estimate of drug-likeness (QED) is 0.312. The molecular formula is C32H36N2O5. The van der Waals surface area contributed by atoms with Gasteiger partial charge in [0.25, 0.3) is 0 Å².